The fraction of sp³-hybridized carbons (Fsp3) is 0.519. The zero-order valence-electron chi connectivity index (χ0n) is 37.8. The molecule has 0 aliphatic rings. The number of hydrogen-bond donors (Lipinski definition) is 1. The van der Waals surface area contributed by atoms with Gasteiger partial charge in [-0.25, -0.2) is 4.79 Å². The molecule has 0 rings (SSSR count). The van der Waals surface area contributed by atoms with E-state index in [1.54, 1.807) is 0 Å². The first-order chi connectivity index (χ1) is 29.1. The van der Waals surface area contributed by atoms with E-state index in [9.17, 15) is 19.5 Å². The van der Waals surface area contributed by atoms with E-state index in [2.05, 4.69) is 98.9 Å². The van der Waals surface area contributed by atoms with Crippen molar-refractivity contribution in [3.63, 3.8) is 0 Å². The number of carboxylic acid groups (broad SMARTS) is 1. The maximum atomic E-state index is 12.7. The normalized spacial score (nSPS) is 14.2. The minimum atomic E-state index is -0.896. The predicted molar refractivity (Wildman–Crippen MR) is 251 cm³/mol. The lowest BCUT2D eigenvalue weighted by molar-refractivity contribution is -0.887. The Hall–Kier alpha value is -4.53. The van der Waals surface area contributed by atoms with Gasteiger partial charge in [0, 0.05) is 19.3 Å². The van der Waals surface area contributed by atoms with Crippen molar-refractivity contribution >= 4 is 17.9 Å². The number of allylic oxidation sites excluding steroid dienone is 22. The summed E-state index contributed by atoms with van der Waals surface area (Å²) < 4.78 is 17.2. The molecule has 0 saturated carbocycles. The Morgan fingerprint density at radius 1 is 0.517 bits per heavy atom. The van der Waals surface area contributed by atoms with Gasteiger partial charge in [-0.1, -0.05) is 154 Å². The monoisotopic (exact) mass is 831 g/mol. The fourth-order valence-electron chi connectivity index (χ4n) is 5.52. The van der Waals surface area contributed by atoms with Crippen LogP contribution in [0.4, 0.5) is 0 Å². The Bertz CT molecular complexity index is 1430. The second kappa shape index (κ2) is 41.2. The minimum Gasteiger partial charge on any atom is -0.477 e. The minimum absolute atomic E-state index is 0.0187. The maximum Gasteiger partial charge on any atom is 0.362 e. The summed E-state index contributed by atoms with van der Waals surface area (Å²) in [5.74, 6) is -1.60. The fourth-order valence-corrected chi connectivity index (χ4v) is 5.52. The number of rotatable bonds is 37. The number of nitrogens with zero attached hydrogens (tertiary/aromatic N) is 1. The highest BCUT2D eigenvalue weighted by atomic mass is 16.6. The number of esters is 2. The van der Waals surface area contributed by atoms with Crippen molar-refractivity contribution in [2.75, 3.05) is 41.0 Å². The Labute approximate surface area is 364 Å². The summed E-state index contributed by atoms with van der Waals surface area (Å²) in [5, 5.41) is 9.62. The van der Waals surface area contributed by atoms with E-state index in [1.165, 1.54) is 0 Å². The van der Waals surface area contributed by atoms with Crippen LogP contribution in [0, 0.1) is 0 Å². The molecule has 0 heterocycles. The van der Waals surface area contributed by atoms with E-state index in [0.29, 0.717) is 19.3 Å². The molecule has 0 aliphatic heterocycles. The predicted octanol–water partition coefficient (Wildman–Crippen LogP) is 12.4. The number of ether oxygens (including phenoxy) is 3. The first-order valence-electron chi connectivity index (χ1n) is 22.3. The van der Waals surface area contributed by atoms with Crippen molar-refractivity contribution in [1.29, 1.82) is 0 Å². The van der Waals surface area contributed by atoms with Gasteiger partial charge in [-0.15, -0.1) is 0 Å². The summed E-state index contributed by atoms with van der Waals surface area (Å²) in [6, 6.07) is -0.639. The molecule has 0 spiro atoms. The second-order valence-corrected chi connectivity index (χ2v) is 15.3. The smallest absolute Gasteiger partial charge is 0.362 e. The summed E-state index contributed by atoms with van der Waals surface area (Å²) in [5.41, 5.74) is 0. The molecule has 334 valence electrons. The number of likely N-dealkylation sites (N-methyl/N-ethyl adjacent to an activating group) is 1. The third-order valence-corrected chi connectivity index (χ3v) is 8.92. The number of carbonyl (C=O) groups is 3. The van der Waals surface area contributed by atoms with Crippen LogP contribution in [0.2, 0.25) is 0 Å². The molecule has 0 saturated heterocycles. The Morgan fingerprint density at radius 3 is 1.50 bits per heavy atom. The van der Waals surface area contributed by atoms with Crippen LogP contribution in [-0.4, -0.2) is 80.6 Å². The molecule has 0 aromatic carbocycles. The summed E-state index contributed by atoms with van der Waals surface area (Å²) in [6.07, 6.45) is 59.3. The van der Waals surface area contributed by atoms with Crippen molar-refractivity contribution in [3.05, 3.63) is 134 Å². The van der Waals surface area contributed by atoms with E-state index in [-0.39, 0.29) is 49.1 Å². The van der Waals surface area contributed by atoms with Gasteiger partial charge in [-0.2, -0.15) is 0 Å². The summed E-state index contributed by atoms with van der Waals surface area (Å²) in [7, 11) is 5.48. The topological polar surface area (TPSA) is 99.1 Å². The molecule has 8 heteroatoms. The molecule has 60 heavy (non-hydrogen) atoms. The van der Waals surface area contributed by atoms with Gasteiger partial charge in [-0.05, 0) is 83.5 Å². The third kappa shape index (κ3) is 39.0. The molecule has 0 aliphatic carbocycles. The SMILES string of the molecule is CC/C=C/C=C/C=C/C=C/C=C/CCCCCC(=O)OC(COCCC(C(=O)O)[N+](C)(C)C)COC(=O)CCCC/C=C/C/C=C/C/C=C/C/C=C/C/C=C/C/C=C/CC. The van der Waals surface area contributed by atoms with Crippen LogP contribution in [0.3, 0.4) is 0 Å². The number of carboxylic acids is 1. The average molecular weight is 831 g/mol. The van der Waals surface area contributed by atoms with Crippen LogP contribution < -0.4 is 0 Å². The van der Waals surface area contributed by atoms with Gasteiger partial charge in [0.15, 0.2) is 12.1 Å². The van der Waals surface area contributed by atoms with E-state index >= 15 is 0 Å². The van der Waals surface area contributed by atoms with Gasteiger partial charge < -0.3 is 23.8 Å². The number of unbranched alkanes of at least 4 members (excludes halogenated alkanes) is 5. The van der Waals surface area contributed by atoms with Crippen LogP contribution >= 0.6 is 0 Å². The molecule has 0 bridgehead atoms. The molecule has 2 unspecified atom stereocenters. The largest absolute Gasteiger partial charge is 0.477 e. The summed E-state index contributed by atoms with van der Waals surface area (Å²) >= 11 is 0. The van der Waals surface area contributed by atoms with Crippen LogP contribution in [-0.2, 0) is 28.6 Å². The van der Waals surface area contributed by atoms with Crippen LogP contribution in [0.5, 0.6) is 0 Å². The lowest BCUT2D eigenvalue weighted by Gasteiger charge is -2.31. The van der Waals surface area contributed by atoms with Crippen LogP contribution in [0.1, 0.15) is 123 Å². The van der Waals surface area contributed by atoms with Crippen molar-refractivity contribution in [2.45, 2.75) is 135 Å². The molecule has 0 aromatic rings. The Morgan fingerprint density at radius 2 is 0.967 bits per heavy atom. The van der Waals surface area contributed by atoms with Crippen molar-refractivity contribution < 1.29 is 38.2 Å². The number of carbonyl (C=O) groups excluding carboxylic acids is 2. The van der Waals surface area contributed by atoms with Gasteiger partial charge >= 0.3 is 17.9 Å². The van der Waals surface area contributed by atoms with E-state index in [1.807, 2.05) is 69.8 Å². The zero-order valence-corrected chi connectivity index (χ0v) is 37.8. The lowest BCUT2D eigenvalue weighted by Crippen LogP contribution is -2.50. The first kappa shape index (κ1) is 55.5. The second-order valence-electron chi connectivity index (χ2n) is 15.3. The van der Waals surface area contributed by atoms with Crippen molar-refractivity contribution in [3.8, 4) is 0 Å². The molecule has 0 fully saturated rings. The van der Waals surface area contributed by atoms with Gasteiger partial charge in [0.2, 0.25) is 0 Å². The average Bonchev–Trinajstić information content (AvgIpc) is 3.21. The van der Waals surface area contributed by atoms with Crippen molar-refractivity contribution in [1.82, 2.24) is 0 Å². The molecule has 0 aromatic heterocycles. The van der Waals surface area contributed by atoms with E-state index in [4.69, 9.17) is 14.2 Å². The summed E-state index contributed by atoms with van der Waals surface area (Å²) in [4.78, 5) is 37.0. The standard InChI is InChI=1S/C52H79NO7/c1-6-8-10-12-14-16-18-20-22-23-24-25-26-27-29-30-32-34-36-38-40-42-50(54)59-47-48(46-58-45-44-49(52(56)57)53(3,4)5)60-51(55)43-41-39-37-35-33-31-28-21-19-17-15-13-11-9-7-2/h8-11,13-17,19-22,24-25,27-29,31-34,48-49H,6-7,12,18,23,26,30,35-47H2,1-5H3/p+1/b10-8+,11-9+,15-13+,16-14+,19-17+,22-20+,25-24+,28-21+,29-27+,33-31+,34-32+. The van der Waals surface area contributed by atoms with Gasteiger partial charge in [0.25, 0.3) is 0 Å². The molecule has 8 nitrogen and oxygen atoms in total. The number of aliphatic carboxylic acids is 1. The quantitative estimate of drug-likeness (QED) is 0.0219. The van der Waals surface area contributed by atoms with Gasteiger partial charge in [0.1, 0.15) is 6.61 Å². The zero-order chi connectivity index (χ0) is 44.2. The molecule has 2 atom stereocenters. The Kier molecular flexibility index (Phi) is 38.1. The lowest BCUT2D eigenvalue weighted by atomic mass is 10.1. The van der Waals surface area contributed by atoms with Crippen molar-refractivity contribution in [2.24, 2.45) is 0 Å². The van der Waals surface area contributed by atoms with Crippen LogP contribution in [0.15, 0.2) is 134 Å². The highest BCUT2D eigenvalue weighted by Crippen LogP contribution is 2.11. The molecule has 0 radical (unpaired) electrons. The number of quaternary nitrogens is 1. The highest BCUT2D eigenvalue weighted by molar-refractivity contribution is 5.72. The van der Waals surface area contributed by atoms with Gasteiger partial charge in [0.05, 0.1) is 34.4 Å². The van der Waals surface area contributed by atoms with E-state index in [0.717, 1.165) is 77.0 Å². The highest BCUT2D eigenvalue weighted by Gasteiger charge is 2.31. The van der Waals surface area contributed by atoms with Crippen LogP contribution in [0.25, 0.3) is 0 Å². The number of hydrogen-bond acceptors (Lipinski definition) is 6. The molecular formula is C52H80NO7+. The van der Waals surface area contributed by atoms with E-state index < -0.39 is 18.1 Å². The Balaban J connectivity index is 4.52. The van der Waals surface area contributed by atoms with Gasteiger partial charge in [-0.3, -0.25) is 9.59 Å². The third-order valence-electron chi connectivity index (χ3n) is 8.92. The molecule has 0 amide bonds. The maximum absolute atomic E-state index is 12.7. The molecule has 1 N–H and O–H groups in total. The molecular weight excluding hydrogens is 751 g/mol. The first-order valence-corrected chi connectivity index (χ1v) is 22.3. The summed E-state index contributed by atoms with van der Waals surface area (Å²) in [6.45, 7) is 4.35.